The number of nitrogens with zero attached hydrogens (tertiary/aromatic N) is 2. The van der Waals surface area contributed by atoms with Crippen LogP contribution < -0.4 is 19.7 Å². The summed E-state index contributed by atoms with van der Waals surface area (Å²) >= 11 is 0. The molecule has 3 aromatic rings. The number of rotatable bonds is 11. The molecule has 3 aromatic carbocycles. The number of carbonyl (C=O) groups is 1. The smallest absolute Gasteiger partial charge is 0.264 e. The maximum atomic E-state index is 13.8. The van der Waals surface area contributed by atoms with Gasteiger partial charge in [-0.3, -0.25) is 9.52 Å². The molecule has 2 unspecified atom stereocenters. The molecule has 13 heteroatoms. The van der Waals surface area contributed by atoms with Crippen LogP contribution >= 0.6 is 0 Å². The summed E-state index contributed by atoms with van der Waals surface area (Å²) in [6.07, 6.45) is -1.14. The predicted octanol–water partition coefficient (Wildman–Crippen LogP) is 4.03. The van der Waals surface area contributed by atoms with Gasteiger partial charge in [0.2, 0.25) is 15.9 Å². The number of β-amino-alcohol motifs (C(OH)–C–C–N with tert-alkyl or cyclic N) is 1. The van der Waals surface area contributed by atoms with Crippen molar-refractivity contribution in [3.05, 3.63) is 71.3 Å². The summed E-state index contributed by atoms with van der Waals surface area (Å²) in [5.74, 6) is -0.100. The van der Waals surface area contributed by atoms with Gasteiger partial charge in [0.1, 0.15) is 16.7 Å². The quantitative estimate of drug-likeness (QED) is 0.284. The Morgan fingerprint density at radius 3 is 2.11 bits per heavy atom. The molecule has 1 aliphatic heterocycles. The van der Waals surface area contributed by atoms with Crippen LogP contribution in [0, 0.1) is 20.8 Å². The molecule has 11 nitrogen and oxygen atoms in total. The van der Waals surface area contributed by atoms with Crippen molar-refractivity contribution in [2.24, 2.45) is 0 Å². The number of hydrogen-bond acceptors (Lipinski definition) is 8. The number of anilines is 3. The van der Waals surface area contributed by atoms with E-state index in [0.717, 1.165) is 9.87 Å². The van der Waals surface area contributed by atoms with Gasteiger partial charge in [-0.1, -0.05) is 17.7 Å². The van der Waals surface area contributed by atoms with Crippen molar-refractivity contribution < 1.29 is 31.5 Å². The highest BCUT2D eigenvalue weighted by atomic mass is 32.2. The maximum absolute atomic E-state index is 13.8. The molecule has 238 valence electrons. The van der Waals surface area contributed by atoms with E-state index in [-0.39, 0.29) is 28.4 Å². The summed E-state index contributed by atoms with van der Waals surface area (Å²) in [5, 5.41) is 13.2. The van der Waals surface area contributed by atoms with Crippen LogP contribution in [0.3, 0.4) is 0 Å². The fourth-order valence-corrected chi connectivity index (χ4v) is 9.07. The largest absolute Gasteiger partial charge is 0.497 e. The second kappa shape index (κ2) is 13.1. The Bertz CT molecular complexity index is 1720. The number of aliphatic hydroxyl groups excluding tert-OH is 1. The van der Waals surface area contributed by atoms with Crippen molar-refractivity contribution in [1.29, 1.82) is 0 Å². The number of methoxy groups -OCH3 is 1. The zero-order chi connectivity index (χ0) is 32.4. The van der Waals surface area contributed by atoms with Gasteiger partial charge in [0, 0.05) is 37.4 Å². The average molecular weight is 645 g/mol. The van der Waals surface area contributed by atoms with Crippen LogP contribution in [-0.4, -0.2) is 71.0 Å². The molecule has 1 aliphatic rings. The fourth-order valence-electron chi connectivity index (χ4n) is 5.71. The van der Waals surface area contributed by atoms with Crippen molar-refractivity contribution in [3.8, 4) is 5.75 Å². The third-order valence-electron chi connectivity index (χ3n) is 7.67. The van der Waals surface area contributed by atoms with Gasteiger partial charge < -0.3 is 20.1 Å². The van der Waals surface area contributed by atoms with E-state index in [0.29, 0.717) is 41.3 Å². The lowest BCUT2D eigenvalue weighted by Crippen LogP contribution is -2.43. The number of benzene rings is 3. The van der Waals surface area contributed by atoms with Gasteiger partial charge in [-0.2, -0.15) is 4.31 Å². The molecular formula is C31H40N4O7S2. The number of aliphatic hydroxyl groups is 1. The van der Waals surface area contributed by atoms with Gasteiger partial charge in [-0.25, -0.2) is 16.8 Å². The first kappa shape index (κ1) is 33.2. The van der Waals surface area contributed by atoms with E-state index in [1.165, 1.54) is 13.2 Å². The number of sulfonamides is 2. The van der Waals surface area contributed by atoms with Gasteiger partial charge in [0.05, 0.1) is 23.8 Å². The Balaban J connectivity index is 1.68. The first-order valence-corrected chi connectivity index (χ1v) is 17.3. The maximum Gasteiger partial charge on any atom is 0.264 e. The Morgan fingerprint density at radius 1 is 0.955 bits per heavy atom. The minimum atomic E-state index is -4.14. The molecule has 0 spiro atoms. The second-order valence-electron chi connectivity index (χ2n) is 10.9. The summed E-state index contributed by atoms with van der Waals surface area (Å²) in [5.41, 5.74) is 2.95. The molecule has 0 saturated carbocycles. The van der Waals surface area contributed by atoms with Crippen molar-refractivity contribution in [3.63, 3.8) is 0 Å². The third kappa shape index (κ3) is 6.85. The summed E-state index contributed by atoms with van der Waals surface area (Å²) in [6.45, 7) is 9.94. The SMILES string of the molecule is CCN(CC)c1ccc(NC(=O)C2CC(O)CN2S(=O)(=O)c2c(C)cc(C)cc2C)cc1S(=O)(=O)Nc1ccc(OC)cc1. The lowest BCUT2D eigenvalue weighted by Gasteiger charge is -2.26. The highest BCUT2D eigenvalue weighted by Gasteiger charge is 2.44. The van der Waals surface area contributed by atoms with Crippen LogP contribution in [0.4, 0.5) is 17.1 Å². The summed E-state index contributed by atoms with van der Waals surface area (Å²) in [7, 11) is -6.75. The molecule has 1 saturated heterocycles. The van der Waals surface area contributed by atoms with Gasteiger partial charge in [-0.15, -0.1) is 0 Å². The molecule has 4 rings (SSSR count). The predicted molar refractivity (Wildman–Crippen MR) is 171 cm³/mol. The van der Waals surface area contributed by atoms with Crippen molar-refractivity contribution >= 4 is 43.0 Å². The van der Waals surface area contributed by atoms with Crippen molar-refractivity contribution in [2.75, 3.05) is 41.7 Å². The highest BCUT2D eigenvalue weighted by molar-refractivity contribution is 7.93. The van der Waals surface area contributed by atoms with E-state index in [4.69, 9.17) is 4.74 Å². The number of aryl methyl sites for hydroxylation is 3. The lowest BCUT2D eigenvalue weighted by molar-refractivity contribution is -0.119. The Labute approximate surface area is 259 Å². The zero-order valence-electron chi connectivity index (χ0n) is 25.8. The third-order valence-corrected chi connectivity index (χ3v) is 11.3. The van der Waals surface area contributed by atoms with E-state index >= 15 is 0 Å². The summed E-state index contributed by atoms with van der Waals surface area (Å²) < 4.78 is 63.8. The molecule has 0 radical (unpaired) electrons. The molecule has 1 fully saturated rings. The average Bonchev–Trinajstić information content (AvgIpc) is 3.36. The van der Waals surface area contributed by atoms with Crippen LogP contribution in [0.2, 0.25) is 0 Å². The molecular weight excluding hydrogens is 604 g/mol. The highest BCUT2D eigenvalue weighted by Crippen LogP contribution is 2.33. The number of hydrogen-bond donors (Lipinski definition) is 3. The molecule has 0 aromatic heterocycles. The number of nitrogens with one attached hydrogen (secondary N) is 2. The molecule has 0 bridgehead atoms. The molecule has 1 heterocycles. The second-order valence-corrected chi connectivity index (χ2v) is 14.4. The first-order chi connectivity index (χ1) is 20.7. The summed E-state index contributed by atoms with van der Waals surface area (Å²) in [6, 6.07) is 13.3. The standard InChI is InChI=1S/C31H40N4O7S2/c1-7-34(8-2)27-14-11-24(17-29(27)43(38,39)33-23-9-12-26(42-6)13-10-23)32-31(37)28-18-25(36)19-35(28)44(40,41)30-21(4)15-20(3)16-22(30)5/h9-17,25,28,33,36H,7-8,18-19H2,1-6H3,(H,32,37). The van der Waals surface area contributed by atoms with E-state index in [2.05, 4.69) is 10.0 Å². The minimum absolute atomic E-state index is 0.0587. The molecule has 1 amide bonds. The van der Waals surface area contributed by atoms with Crippen molar-refractivity contribution in [2.45, 2.75) is 63.0 Å². The molecule has 2 atom stereocenters. The van der Waals surface area contributed by atoms with Gasteiger partial charge in [-0.05, 0) is 88.2 Å². The molecule has 0 aliphatic carbocycles. The van der Waals surface area contributed by atoms with Gasteiger partial charge >= 0.3 is 0 Å². The molecule has 3 N–H and O–H groups in total. The number of carbonyl (C=O) groups excluding carboxylic acids is 1. The normalized spacial score (nSPS) is 17.3. The van der Waals surface area contributed by atoms with E-state index in [1.54, 1.807) is 62.4 Å². The van der Waals surface area contributed by atoms with E-state index in [1.807, 2.05) is 25.7 Å². The minimum Gasteiger partial charge on any atom is -0.497 e. The lowest BCUT2D eigenvalue weighted by atomic mass is 10.1. The van der Waals surface area contributed by atoms with Crippen LogP contribution in [-0.2, 0) is 24.8 Å². The summed E-state index contributed by atoms with van der Waals surface area (Å²) in [4.78, 5) is 15.5. The zero-order valence-corrected chi connectivity index (χ0v) is 27.4. The monoisotopic (exact) mass is 644 g/mol. The number of amides is 1. The molecule has 44 heavy (non-hydrogen) atoms. The Morgan fingerprint density at radius 2 is 1.55 bits per heavy atom. The van der Waals surface area contributed by atoms with E-state index < -0.39 is 38.1 Å². The van der Waals surface area contributed by atoms with Crippen LogP contribution in [0.5, 0.6) is 5.75 Å². The van der Waals surface area contributed by atoms with E-state index in [9.17, 15) is 26.7 Å². The fraction of sp³-hybridized carbons (Fsp3) is 0.387. The van der Waals surface area contributed by atoms with Gasteiger partial charge in [0.25, 0.3) is 10.0 Å². The topological polar surface area (TPSA) is 145 Å². The Kier molecular flexibility index (Phi) is 9.93. The Hall–Kier alpha value is -3.65. The van der Waals surface area contributed by atoms with Crippen molar-refractivity contribution in [1.82, 2.24) is 4.31 Å². The van der Waals surface area contributed by atoms with Gasteiger partial charge in [0.15, 0.2) is 0 Å². The van der Waals surface area contributed by atoms with Crippen LogP contribution in [0.15, 0.2) is 64.4 Å². The van der Waals surface area contributed by atoms with Crippen LogP contribution in [0.25, 0.3) is 0 Å². The van der Waals surface area contributed by atoms with Crippen LogP contribution in [0.1, 0.15) is 37.0 Å². The first-order valence-electron chi connectivity index (χ1n) is 14.4. The number of ether oxygens (including phenoxy) is 1.